The zero-order valence-corrected chi connectivity index (χ0v) is 24.1. The summed E-state index contributed by atoms with van der Waals surface area (Å²) in [5.41, 5.74) is 3.99. The van der Waals surface area contributed by atoms with Gasteiger partial charge in [0.1, 0.15) is 17.2 Å². The summed E-state index contributed by atoms with van der Waals surface area (Å²) in [6.45, 7) is 2.12. The van der Waals surface area contributed by atoms with Gasteiger partial charge >= 0.3 is 0 Å². The van der Waals surface area contributed by atoms with E-state index in [9.17, 15) is 14.4 Å². The number of carbonyl (C=O) groups is 3. The Labute approximate surface area is 251 Å². The van der Waals surface area contributed by atoms with Gasteiger partial charge in [0, 0.05) is 23.0 Å². The van der Waals surface area contributed by atoms with Crippen molar-refractivity contribution in [3.63, 3.8) is 0 Å². The minimum atomic E-state index is -1.35. The number of para-hydroxylation sites is 1. The number of ketones is 2. The molecule has 6 nitrogen and oxygen atoms in total. The van der Waals surface area contributed by atoms with E-state index in [1.54, 1.807) is 31.4 Å². The number of fused-ring (bicyclic) bond motifs is 6. The topological polar surface area (TPSA) is 75.7 Å². The molecule has 1 amide bonds. The third kappa shape index (κ3) is 3.97. The largest absolute Gasteiger partial charge is 0.497 e. The Hall–Kier alpha value is -4.97. The Morgan fingerprint density at radius 2 is 1.65 bits per heavy atom. The molecule has 0 bridgehead atoms. The summed E-state index contributed by atoms with van der Waals surface area (Å²) in [5.74, 6) is -1.18. The number of rotatable bonds is 7. The molecule has 1 spiro atoms. The summed E-state index contributed by atoms with van der Waals surface area (Å²) in [5, 5.41) is 3.10. The molecule has 0 saturated carbocycles. The molecule has 3 heterocycles. The van der Waals surface area contributed by atoms with Crippen molar-refractivity contribution in [2.45, 2.75) is 37.3 Å². The first-order chi connectivity index (χ1) is 21.0. The predicted octanol–water partition coefficient (Wildman–Crippen LogP) is 6.63. The summed E-state index contributed by atoms with van der Waals surface area (Å²) >= 11 is 0. The lowest BCUT2D eigenvalue weighted by atomic mass is 9.62. The van der Waals surface area contributed by atoms with Gasteiger partial charge in [-0.2, -0.15) is 0 Å². The number of anilines is 1. The van der Waals surface area contributed by atoms with Crippen LogP contribution in [0.3, 0.4) is 0 Å². The number of hydrogen-bond donors (Lipinski definition) is 1. The highest BCUT2D eigenvalue weighted by molar-refractivity contribution is 6.16. The second-order valence-electron chi connectivity index (χ2n) is 11.5. The summed E-state index contributed by atoms with van der Waals surface area (Å²) in [4.78, 5) is 46.2. The van der Waals surface area contributed by atoms with E-state index in [1.807, 2.05) is 90.0 Å². The number of ether oxygens (including phenoxy) is 1. The van der Waals surface area contributed by atoms with Crippen molar-refractivity contribution < 1.29 is 19.1 Å². The summed E-state index contributed by atoms with van der Waals surface area (Å²) < 4.78 is 5.44. The third-order valence-electron chi connectivity index (χ3n) is 9.25. The highest BCUT2D eigenvalue weighted by atomic mass is 16.5. The van der Waals surface area contributed by atoms with Crippen molar-refractivity contribution in [2.24, 2.45) is 5.92 Å². The summed E-state index contributed by atoms with van der Waals surface area (Å²) in [7, 11) is 1.56. The number of aryl methyl sites for hydroxylation is 1. The lowest BCUT2D eigenvalue weighted by Gasteiger charge is -2.38. The molecule has 4 aromatic rings. The molecular formula is C37H32N2O4. The molecule has 0 aromatic heterocycles. The van der Waals surface area contributed by atoms with Crippen LogP contribution in [-0.4, -0.2) is 35.5 Å². The quantitative estimate of drug-likeness (QED) is 0.253. The number of amides is 1. The van der Waals surface area contributed by atoms with Gasteiger partial charge in [-0.25, -0.2) is 0 Å². The van der Waals surface area contributed by atoms with Gasteiger partial charge in [0.2, 0.25) is 5.91 Å². The van der Waals surface area contributed by atoms with Crippen LogP contribution in [0.2, 0.25) is 0 Å². The summed E-state index contributed by atoms with van der Waals surface area (Å²) in [6.07, 6.45) is 5.77. The van der Waals surface area contributed by atoms with E-state index in [2.05, 4.69) is 12.2 Å². The van der Waals surface area contributed by atoms with Crippen LogP contribution in [0.1, 0.15) is 62.4 Å². The van der Waals surface area contributed by atoms with Crippen LogP contribution < -0.4 is 10.1 Å². The van der Waals surface area contributed by atoms with E-state index in [0.29, 0.717) is 22.6 Å². The maximum atomic E-state index is 14.9. The lowest BCUT2D eigenvalue weighted by molar-refractivity contribution is -0.122. The predicted molar refractivity (Wildman–Crippen MR) is 166 cm³/mol. The first-order valence-electron chi connectivity index (χ1n) is 14.8. The molecule has 3 aliphatic heterocycles. The molecular weight excluding hydrogens is 536 g/mol. The molecule has 7 rings (SSSR count). The Kier molecular flexibility index (Phi) is 6.50. The fourth-order valence-electron chi connectivity index (χ4n) is 7.42. The molecule has 4 aromatic carbocycles. The SMILES string of the molecule is CCCc1ccc(C(=O)[C@@H]2[C@H](C(=O)c3cccc(OC)c3)N3C=Cc4ccccc4[C@@H]3[C@@]23C(=O)Nc2ccccc23)cc1. The van der Waals surface area contributed by atoms with Gasteiger partial charge in [-0.15, -0.1) is 0 Å². The van der Waals surface area contributed by atoms with Crippen LogP contribution in [-0.2, 0) is 16.6 Å². The molecule has 43 heavy (non-hydrogen) atoms. The van der Waals surface area contributed by atoms with E-state index < -0.39 is 23.4 Å². The Morgan fingerprint density at radius 1 is 0.884 bits per heavy atom. The number of nitrogens with zero attached hydrogens (tertiary/aromatic N) is 1. The van der Waals surface area contributed by atoms with Crippen LogP contribution in [0.25, 0.3) is 6.08 Å². The number of benzene rings is 4. The average Bonchev–Trinajstić information content (AvgIpc) is 3.53. The first-order valence-corrected chi connectivity index (χ1v) is 14.8. The van der Waals surface area contributed by atoms with Crippen LogP contribution in [0.5, 0.6) is 5.75 Å². The van der Waals surface area contributed by atoms with Crippen LogP contribution >= 0.6 is 0 Å². The molecule has 6 heteroatoms. The number of hydrogen-bond acceptors (Lipinski definition) is 5. The third-order valence-corrected chi connectivity index (χ3v) is 9.25. The van der Waals surface area contributed by atoms with Gasteiger partial charge in [-0.05, 0) is 52.9 Å². The van der Waals surface area contributed by atoms with Crippen molar-refractivity contribution in [3.8, 4) is 5.75 Å². The van der Waals surface area contributed by atoms with Gasteiger partial charge in [0.25, 0.3) is 0 Å². The molecule has 0 radical (unpaired) electrons. The van der Waals surface area contributed by atoms with Gasteiger partial charge < -0.3 is 15.0 Å². The fourth-order valence-corrected chi connectivity index (χ4v) is 7.42. The number of nitrogens with one attached hydrogen (secondary N) is 1. The minimum absolute atomic E-state index is 0.226. The number of methoxy groups -OCH3 is 1. The Bertz CT molecular complexity index is 1790. The molecule has 0 aliphatic carbocycles. The maximum absolute atomic E-state index is 14.9. The van der Waals surface area contributed by atoms with Gasteiger partial charge in [-0.3, -0.25) is 14.4 Å². The second-order valence-corrected chi connectivity index (χ2v) is 11.5. The van der Waals surface area contributed by atoms with E-state index in [4.69, 9.17) is 4.74 Å². The maximum Gasteiger partial charge on any atom is 0.238 e. The summed E-state index contributed by atoms with van der Waals surface area (Å²) in [6, 6.07) is 28.6. The smallest absolute Gasteiger partial charge is 0.238 e. The minimum Gasteiger partial charge on any atom is -0.497 e. The van der Waals surface area contributed by atoms with E-state index >= 15 is 0 Å². The Balaban J connectivity index is 1.50. The van der Waals surface area contributed by atoms with Crippen molar-refractivity contribution in [3.05, 3.63) is 137 Å². The molecule has 214 valence electrons. The average molecular weight is 569 g/mol. The highest BCUT2D eigenvalue weighted by Gasteiger charge is 2.70. The zero-order valence-electron chi connectivity index (χ0n) is 24.1. The standard InChI is InChI=1S/C37H32N2O4/c1-3-9-23-16-18-25(19-17-23)33(40)31-32(34(41)26-11-8-12-27(22-26)43-2)39-21-20-24-10-4-5-13-28(24)35(39)37(31)29-14-6-7-15-30(29)38-36(37)42/h4-8,10-22,31-32,35H,3,9H2,1-2H3,(H,38,42)/t31-,32+,35+,37-/m0/s1. The molecule has 1 fully saturated rings. The molecule has 3 aliphatic rings. The molecule has 0 unspecified atom stereocenters. The highest BCUT2D eigenvalue weighted by Crippen LogP contribution is 2.62. The second kappa shape index (κ2) is 10.4. The fraction of sp³-hybridized carbons (Fsp3) is 0.216. The Morgan fingerprint density at radius 3 is 2.44 bits per heavy atom. The molecule has 1 N–H and O–H groups in total. The normalized spacial score (nSPS) is 23.0. The van der Waals surface area contributed by atoms with E-state index in [0.717, 1.165) is 35.1 Å². The van der Waals surface area contributed by atoms with Crippen molar-refractivity contribution >= 4 is 29.2 Å². The van der Waals surface area contributed by atoms with Gasteiger partial charge in [0.15, 0.2) is 11.6 Å². The lowest BCUT2D eigenvalue weighted by Crippen LogP contribution is -2.49. The van der Waals surface area contributed by atoms with Crippen LogP contribution in [0.4, 0.5) is 5.69 Å². The first kappa shape index (κ1) is 26.9. The molecule has 4 atom stereocenters. The van der Waals surface area contributed by atoms with Crippen molar-refractivity contribution in [2.75, 3.05) is 12.4 Å². The van der Waals surface area contributed by atoms with Crippen molar-refractivity contribution in [1.29, 1.82) is 0 Å². The van der Waals surface area contributed by atoms with Crippen LogP contribution in [0, 0.1) is 5.92 Å². The van der Waals surface area contributed by atoms with Crippen LogP contribution in [0.15, 0.2) is 103 Å². The number of Topliss-reactive ketones (excluding diaryl/α,β-unsaturated/α-hetero) is 2. The van der Waals surface area contributed by atoms with E-state index in [1.165, 1.54) is 0 Å². The van der Waals surface area contributed by atoms with Crippen molar-refractivity contribution in [1.82, 2.24) is 4.90 Å². The van der Waals surface area contributed by atoms with Gasteiger partial charge in [0.05, 0.1) is 19.1 Å². The number of carbonyl (C=O) groups excluding carboxylic acids is 3. The monoisotopic (exact) mass is 568 g/mol. The molecule has 1 saturated heterocycles. The van der Waals surface area contributed by atoms with E-state index in [-0.39, 0.29) is 17.5 Å². The zero-order chi connectivity index (χ0) is 29.7. The van der Waals surface area contributed by atoms with Gasteiger partial charge in [-0.1, -0.05) is 92.2 Å².